The molecule has 0 unspecified atom stereocenters. The molecule has 0 bridgehead atoms. The maximum atomic E-state index is 13.0. The first-order chi connectivity index (χ1) is 15.9. The summed E-state index contributed by atoms with van der Waals surface area (Å²) in [6.45, 7) is 2.70. The number of hydrogen-bond acceptors (Lipinski definition) is 4. The second-order valence-electron chi connectivity index (χ2n) is 8.53. The molecule has 1 N–H and O–H groups in total. The zero-order valence-electron chi connectivity index (χ0n) is 18.0. The molecule has 2 aliphatic rings. The van der Waals surface area contributed by atoms with E-state index in [4.69, 9.17) is 9.83 Å². The number of amidine groups is 1. The lowest BCUT2D eigenvalue weighted by Crippen LogP contribution is -2.44. The van der Waals surface area contributed by atoms with Crippen molar-refractivity contribution in [1.82, 2.24) is 10.4 Å². The van der Waals surface area contributed by atoms with Crippen molar-refractivity contribution >= 4 is 5.84 Å². The van der Waals surface area contributed by atoms with Gasteiger partial charge >= 0.3 is 6.18 Å². The molecule has 0 radical (unpaired) electrons. The van der Waals surface area contributed by atoms with Crippen molar-refractivity contribution in [2.24, 2.45) is 4.99 Å². The molecule has 0 aromatic heterocycles. The lowest BCUT2D eigenvalue weighted by atomic mass is 10.00. The van der Waals surface area contributed by atoms with Crippen LogP contribution in [-0.4, -0.2) is 29.6 Å². The molecule has 7 heteroatoms. The molecule has 0 saturated carbocycles. The topological polar surface area (TPSA) is 36.9 Å². The van der Waals surface area contributed by atoms with Gasteiger partial charge < -0.3 is 0 Å². The first-order valence-corrected chi connectivity index (χ1v) is 11.0. The zero-order chi connectivity index (χ0) is 22.9. The average molecular weight is 451 g/mol. The minimum atomic E-state index is -4.36. The number of nitrogens with one attached hydrogen (secondary N) is 1. The van der Waals surface area contributed by atoms with Crippen molar-refractivity contribution in [2.45, 2.75) is 31.3 Å². The zero-order valence-corrected chi connectivity index (χ0v) is 18.0. The predicted molar refractivity (Wildman–Crippen MR) is 121 cm³/mol. The van der Waals surface area contributed by atoms with Crippen molar-refractivity contribution in [3.05, 3.63) is 95.6 Å². The van der Waals surface area contributed by atoms with Crippen LogP contribution in [0.4, 0.5) is 13.2 Å². The van der Waals surface area contributed by atoms with Gasteiger partial charge in [0.2, 0.25) is 0 Å². The number of halogens is 3. The Kier molecular flexibility index (Phi) is 5.68. The maximum Gasteiger partial charge on any atom is 0.416 e. The number of rotatable bonds is 4. The van der Waals surface area contributed by atoms with Crippen molar-refractivity contribution in [3.63, 3.8) is 0 Å². The second kappa shape index (κ2) is 8.65. The summed E-state index contributed by atoms with van der Waals surface area (Å²) in [5.74, 6) is 0.655. The Morgan fingerprint density at radius 2 is 1.55 bits per heavy atom. The molecular weight excluding hydrogens is 427 g/mol. The summed E-state index contributed by atoms with van der Waals surface area (Å²) in [4.78, 5) is 13.2. The fourth-order valence-electron chi connectivity index (χ4n) is 4.33. The van der Waals surface area contributed by atoms with Crippen LogP contribution in [0.3, 0.4) is 0 Å². The van der Waals surface area contributed by atoms with Gasteiger partial charge in [0.15, 0.2) is 11.6 Å². The van der Waals surface area contributed by atoms with Gasteiger partial charge in [0, 0.05) is 38.0 Å². The van der Waals surface area contributed by atoms with Crippen molar-refractivity contribution in [3.8, 4) is 11.1 Å². The third kappa shape index (κ3) is 4.79. The molecule has 1 fully saturated rings. The molecule has 1 spiro atoms. The van der Waals surface area contributed by atoms with E-state index in [2.05, 4.69) is 34.6 Å². The number of nitrogens with zero attached hydrogens (tertiary/aromatic N) is 2. The van der Waals surface area contributed by atoms with Crippen LogP contribution in [0.15, 0.2) is 83.9 Å². The molecule has 4 nitrogen and oxygen atoms in total. The highest BCUT2D eigenvalue weighted by atomic mass is 19.4. The molecule has 33 heavy (non-hydrogen) atoms. The first-order valence-electron chi connectivity index (χ1n) is 11.0. The summed E-state index contributed by atoms with van der Waals surface area (Å²) in [5.41, 5.74) is 5.13. The number of benzene rings is 3. The summed E-state index contributed by atoms with van der Waals surface area (Å²) in [6, 6.07) is 23.1. The monoisotopic (exact) mass is 451 g/mol. The molecule has 0 aliphatic carbocycles. The molecule has 2 heterocycles. The van der Waals surface area contributed by atoms with Crippen LogP contribution < -0.4 is 5.48 Å². The van der Waals surface area contributed by atoms with E-state index in [1.165, 1.54) is 17.7 Å². The van der Waals surface area contributed by atoms with E-state index in [1.54, 1.807) is 6.07 Å². The number of aliphatic imine (C=N–C) groups is 1. The van der Waals surface area contributed by atoms with Crippen LogP contribution in [-0.2, 0) is 17.6 Å². The van der Waals surface area contributed by atoms with Crippen molar-refractivity contribution in [2.75, 3.05) is 13.1 Å². The van der Waals surface area contributed by atoms with E-state index in [0.717, 1.165) is 44.1 Å². The highest BCUT2D eigenvalue weighted by molar-refractivity contribution is 5.99. The molecule has 0 atom stereocenters. The second-order valence-corrected chi connectivity index (χ2v) is 8.53. The van der Waals surface area contributed by atoms with E-state index in [-0.39, 0.29) is 0 Å². The SMILES string of the molecule is FC(F)(F)c1cccc(-c2ccc(C3=NC4(CCN(Cc5ccccc5)CC4)ON3)cc2)c1. The fourth-order valence-corrected chi connectivity index (χ4v) is 4.33. The Hall–Kier alpha value is -3.16. The standard InChI is InChI=1S/C26H24F3N3O/c27-26(28,29)23-8-4-7-22(17-23)20-9-11-21(12-10-20)24-30-25(33-31-24)13-15-32(16-14-25)18-19-5-2-1-3-6-19/h1-12,17H,13-16,18H2,(H,30,31). The van der Waals surface area contributed by atoms with Gasteiger partial charge in [-0.25, -0.2) is 15.3 Å². The third-order valence-electron chi connectivity index (χ3n) is 6.22. The Balaban J connectivity index is 1.26. The van der Waals surface area contributed by atoms with Crippen molar-refractivity contribution < 1.29 is 18.0 Å². The number of likely N-dealkylation sites (tertiary alicyclic amines) is 1. The summed E-state index contributed by atoms with van der Waals surface area (Å²) in [7, 11) is 0. The summed E-state index contributed by atoms with van der Waals surface area (Å²) in [6.07, 6.45) is -2.78. The van der Waals surface area contributed by atoms with E-state index >= 15 is 0 Å². The normalized spacial score (nSPS) is 18.2. The quantitative estimate of drug-likeness (QED) is 0.557. The van der Waals surface area contributed by atoms with Crippen LogP contribution in [0.25, 0.3) is 11.1 Å². The van der Waals surface area contributed by atoms with E-state index in [1.807, 2.05) is 30.3 Å². The number of hydrogen-bond donors (Lipinski definition) is 1. The summed E-state index contributed by atoms with van der Waals surface area (Å²) in [5, 5.41) is 0. The smallest absolute Gasteiger partial charge is 0.299 e. The highest BCUT2D eigenvalue weighted by Gasteiger charge is 2.40. The molecule has 1 saturated heterocycles. The molecule has 170 valence electrons. The first kappa shape index (κ1) is 21.7. The molecule has 5 rings (SSSR count). The van der Waals surface area contributed by atoms with Gasteiger partial charge in [0.1, 0.15) is 0 Å². The molecule has 0 amide bonds. The summed E-state index contributed by atoms with van der Waals surface area (Å²) < 4.78 is 39.1. The van der Waals surface area contributed by atoms with Crippen LogP contribution in [0, 0.1) is 0 Å². The molecule has 3 aromatic carbocycles. The minimum Gasteiger partial charge on any atom is -0.299 e. The van der Waals surface area contributed by atoms with Gasteiger partial charge in [-0.2, -0.15) is 13.2 Å². The van der Waals surface area contributed by atoms with Crippen LogP contribution >= 0.6 is 0 Å². The largest absolute Gasteiger partial charge is 0.416 e. The van der Waals surface area contributed by atoms with Gasteiger partial charge in [-0.1, -0.05) is 66.7 Å². The average Bonchev–Trinajstić information content (AvgIpc) is 3.25. The molecule has 3 aromatic rings. The van der Waals surface area contributed by atoms with Crippen LogP contribution in [0.5, 0.6) is 0 Å². The highest BCUT2D eigenvalue weighted by Crippen LogP contribution is 2.34. The van der Waals surface area contributed by atoms with E-state index in [0.29, 0.717) is 17.0 Å². The lowest BCUT2D eigenvalue weighted by molar-refractivity contribution is -0.137. The van der Waals surface area contributed by atoms with Gasteiger partial charge in [-0.15, -0.1) is 0 Å². The van der Waals surface area contributed by atoms with E-state index in [9.17, 15) is 13.2 Å². The lowest BCUT2D eigenvalue weighted by Gasteiger charge is -2.35. The Morgan fingerprint density at radius 3 is 2.24 bits per heavy atom. The third-order valence-corrected chi connectivity index (χ3v) is 6.22. The number of hydroxylamine groups is 1. The van der Waals surface area contributed by atoms with E-state index < -0.39 is 17.5 Å². The van der Waals surface area contributed by atoms with Crippen LogP contribution in [0.2, 0.25) is 0 Å². The molecular formula is C26H24F3N3O. The van der Waals surface area contributed by atoms with Gasteiger partial charge in [0.25, 0.3) is 0 Å². The molecule has 2 aliphatic heterocycles. The summed E-state index contributed by atoms with van der Waals surface area (Å²) >= 11 is 0. The van der Waals surface area contributed by atoms with Crippen LogP contribution in [0.1, 0.15) is 29.5 Å². The predicted octanol–water partition coefficient (Wildman–Crippen LogP) is 5.65. The van der Waals surface area contributed by atoms with Crippen molar-refractivity contribution in [1.29, 1.82) is 0 Å². The minimum absolute atomic E-state index is 0.524. The van der Waals surface area contributed by atoms with Gasteiger partial charge in [0.05, 0.1) is 5.56 Å². The fraction of sp³-hybridized carbons (Fsp3) is 0.269. The number of piperidine rings is 1. The van der Waals surface area contributed by atoms with Gasteiger partial charge in [-0.05, 0) is 28.8 Å². The maximum absolute atomic E-state index is 13.0. The van der Waals surface area contributed by atoms with Gasteiger partial charge in [-0.3, -0.25) is 4.90 Å². The Morgan fingerprint density at radius 1 is 0.848 bits per heavy atom. The Bertz CT molecular complexity index is 1140. The number of alkyl halides is 3. The Labute approximate surface area is 190 Å².